The van der Waals surface area contributed by atoms with Gasteiger partial charge >= 0.3 is 5.97 Å². The third-order valence-corrected chi connectivity index (χ3v) is 1.62. The van der Waals surface area contributed by atoms with E-state index in [9.17, 15) is 4.79 Å². The number of aromatic nitrogens is 2. The summed E-state index contributed by atoms with van der Waals surface area (Å²) in [7, 11) is 0. The van der Waals surface area contributed by atoms with Gasteiger partial charge in [-0.3, -0.25) is 4.79 Å². The summed E-state index contributed by atoms with van der Waals surface area (Å²) in [6.45, 7) is 2.49. The summed E-state index contributed by atoms with van der Waals surface area (Å²) in [6.07, 6.45) is 5.28. The minimum absolute atomic E-state index is 0.142. The molecule has 4 nitrogen and oxygen atoms in total. The summed E-state index contributed by atoms with van der Waals surface area (Å²) >= 11 is 0. The lowest BCUT2D eigenvalue weighted by Crippen LogP contribution is -2.06. The van der Waals surface area contributed by atoms with Crippen LogP contribution in [0, 0.1) is 0 Å². The minimum Gasteiger partial charge on any atom is -0.466 e. The van der Waals surface area contributed by atoms with E-state index in [1.807, 2.05) is 6.92 Å². The summed E-state index contributed by atoms with van der Waals surface area (Å²) in [6, 6.07) is 0. The van der Waals surface area contributed by atoms with Gasteiger partial charge in [0.15, 0.2) is 0 Å². The molecule has 0 spiro atoms. The third-order valence-electron chi connectivity index (χ3n) is 1.62. The Kier molecular flexibility index (Phi) is 4.02. The molecular formula is C9H14N2O2. The highest BCUT2D eigenvalue weighted by atomic mass is 16.5. The van der Waals surface area contributed by atoms with Crippen LogP contribution < -0.4 is 0 Å². The number of rotatable bonds is 5. The average molecular weight is 182 g/mol. The highest BCUT2D eigenvalue weighted by Gasteiger charge is 2.02. The maximum absolute atomic E-state index is 11.0. The van der Waals surface area contributed by atoms with Gasteiger partial charge in [-0.15, -0.1) is 0 Å². The molecule has 1 rings (SSSR count). The fraction of sp³-hybridized carbons (Fsp3) is 0.556. The summed E-state index contributed by atoms with van der Waals surface area (Å²) in [5, 5.41) is 0. The molecule has 0 unspecified atom stereocenters. The van der Waals surface area contributed by atoms with Crippen molar-refractivity contribution in [2.24, 2.45) is 0 Å². The van der Waals surface area contributed by atoms with Crippen LogP contribution in [0.15, 0.2) is 12.5 Å². The van der Waals surface area contributed by atoms with Crippen molar-refractivity contribution in [1.82, 2.24) is 9.97 Å². The number of aryl methyl sites for hydroxylation is 1. The lowest BCUT2D eigenvalue weighted by atomic mass is 10.2. The topological polar surface area (TPSA) is 55.0 Å². The fourth-order valence-electron chi connectivity index (χ4n) is 0.946. The van der Waals surface area contributed by atoms with Crippen LogP contribution in [0.5, 0.6) is 0 Å². The quantitative estimate of drug-likeness (QED) is 0.698. The van der Waals surface area contributed by atoms with Gasteiger partial charge in [-0.1, -0.05) is 6.92 Å². The number of nitrogens with zero attached hydrogens (tertiary/aromatic N) is 1. The molecule has 0 atom stereocenters. The number of ether oxygens (including phenoxy) is 1. The molecule has 0 aliphatic carbocycles. The van der Waals surface area contributed by atoms with Crippen molar-refractivity contribution in [3.8, 4) is 0 Å². The molecule has 0 aliphatic rings. The Balaban J connectivity index is 2.15. The lowest BCUT2D eigenvalue weighted by Gasteiger charge is -2.01. The molecule has 72 valence electrons. The Morgan fingerprint density at radius 2 is 2.54 bits per heavy atom. The lowest BCUT2D eigenvalue weighted by molar-refractivity contribution is -0.143. The van der Waals surface area contributed by atoms with Crippen molar-refractivity contribution in [1.29, 1.82) is 0 Å². The summed E-state index contributed by atoms with van der Waals surface area (Å²) in [5.41, 5.74) is 0.966. The molecule has 1 aromatic rings. The standard InChI is InChI=1S/C9H14N2O2/c1-2-5-13-9(12)4-3-8-6-10-7-11-8/h6-7H,2-5H2,1H3,(H,10,11). The van der Waals surface area contributed by atoms with Crippen LogP contribution in [0.2, 0.25) is 0 Å². The molecular weight excluding hydrogens is 168 g/mol. The number of H-pyrrole nitrogens is 1. The summed E-state index contributed by atoms with van der Waals surface area (Å²) in [5.74, 6) is -0.142. The largest absolute Gasteiger partial charge is 0.466 e. The fourth-order valence-corrected chi connectivity index (χ4v) is 0.946. The van der Waals surface area contributed by atoms with Gasteiger partial charge < -0.3 is 9.72 Å². The molecule has 4 heteroatoms. The number of hydrogen-bond acceptors (Lipinski definition) is 3. The molecule has 1 aromatic heterocycles. The molecule has 0 aromatic carbocycles. The second kappa shape index (κ2) is 5.35. The van der Waals surface area contributed by atoms with E-state index in [2.05, 4.69) is 9.97 Å². The number of carbonyl (C=O) groups excluding carboxylic acids is 1. The summed E-state index contributed by atoms with van der Waals surface area (Å²) < 4.78 is 4.92. The van der Waals surface area contributed by atoms with Gasteiger partial charge in [-0.2, -0.15) is 0 Å². The van der Waals surface area contributed by atoms with Crippen LogP contribution in [0.25, 0.3) is 0 Å². The minimum atomic E-state index is -0.142. The van der Waals surface area contributed by atoms with Gasteiger partial charge in [0.05, 0.1) is 19.4 Å². The molecule has 1 heterocycles. The smallest absolute Gasteiger partial charge is 0.306 e. The molecule has 0 saturated heterocycles. The second-order valence-electron chi connectivity index (χ2n) is 2.80. The first-order valence-corrected chi connectivity index (χ1v) is 4.45. The van der Waals surface area contributed by atoms with E-state index < -0.39 is 0 Å². The van der Waals surface area contributed by atoms with Crippen molar-refractivity contribution in [3.63, 3.8) is 0 Å². The van der Waals surface area contributed by atoms with Crippen LogP contribution in [-0.2, 0) is 16.0 Å². The van der Waals surface area contributed by atoms with E-state index in [1.165, 1.54) is 0 Å². The predicted molar refractivity (Wildman–Crippen MR) is 48.2 cm³/mol. The number of imidazole rings is 1. The zero-order valence-electron chi connectivity index (χ0n) is 7.75. The van der Waals surface area contributed by atoms with E-state index in [0.717, 1.165) is 12.1 Å². The molecule has 0 radical (unpaired) electrons. The molecule has 1 N–H and O–H groups in total. The van der Waals surface area contributed by atoms with Crippen molar-refractivity contribution in [3.05, 3.63) is 18.2 Å². The number of carbonyl (C=O) groups is 1. The van der Waals surface area contributed by atoms with Crippen molar-refractivity contribution in [2.45, 2.75) is 26.2 Å². The van der Waals surface area contributed by atoms with E-state index in [-0.39, 0.29) is 5.97 Å². The van der Waals surface area contributed by atoms with E-state index in [1.54, 1.807) is 12.5 Å². The van der Waals surface area contributed by atoms with Gasteiger partial charge in [-0.05, 0) is 12.8 Å². The van der Waals surface area contributed by atoms with Crippen LogP contribution >= 0.6 is 0 Å². The number of esters is 1. The van der Waals surface area contributed by atoms with Gasteiger partial charge in [0.2, 0.25) is 0 Å². The van der Waals surface area contributed by atoms with Gasteiger partial charge in [0.1, 0.15) is 0 Å². The van der Waals surface area contributed by atoms with Crippen molar-refractivity contribution in [2.75, 3.05) is 6.61 Å². The molecule has 0 aliphatic heterocycles. The molecule has 0 saturated carbocycles. The van der Waals surface area contributed by atoms with Crippen molar-refractivity contribution < 1.29 is 9.53 Å². The highest BCUT2D eigenvalue weighted by Crippen LogP contribution is 1.98. The van der Waals surface area contributed by atoms with Crippen LogP contribution in [-0.4, -0.2) is 22.5 Å². The first-order chi connectivity index (χ1) is 6.33. The molecule has 0 bridgehead atoms. The van der Waals surface area contributed by atoms with Gasteiger partial charge in [0, 0.05) is 11.9 Å². The average Bonchev–Trinajstić information content (AvgIpc) is 2.64. The maximum Gasteiger partial charge on any atom is 0.306 e. The molecule has 0 amide bonds. The Bertz CT molecular complexity index is 244. The van der Waals surface area contributed by atoms with Crippen LogP contribution in [0.3, 0.4) is 0 Å². The van der Waals surface area contributed by atoms with E-state index in [0.29, 0.717) is 19.4 Å². The Morgan fingerprint density at radius 1 is 1.69 bits per heavy atom. The van der Waals surface area contributed by atoms with Gasteiger partial charge in [0.25, 0.3) is 0 Å². The number of hydrogen-bond donors (Lipinski definition) is 1. The Morgan fingerprint density at radius 3 is 3.15 bits per heavy atom. The molecule has 13 heavy (non-hydrogen) atoms. The Hall–Kier alpha value is -1.32. The maximum atomic E-state index is 11.0. The highest BCUT2D eigenvalue weighted by molar-refractivity contribution is 5.69. The van der Waals surface area contributed by atoms with E-state index >= 15 is 0 Å². The SMILES string of the molecule is CCCOC(=O)CCc1cnc[nH]1. The van der Waals surface area contributed by atoms with Crippen LogP contribution in [0.4, 0.5) is 0 Å². The number of nitrogens with one attached hydrogen (secondary N) is 1. The molecule has 0 fully saturated rings. The van der Waals surface area contributed by atoms with Gasteiger partial charge in [-0.25, -0.2) is 4.98 Å². The monoisotopic (exact) mass is 182 g/mol. The second-order valence-corrected chi connectivity index (χ2v) is 2.80. The zero-order valence-corrected chi connectivity index (χ0v) is 7.75. The first-order valence-electron chi connectivity index (χ1n) is 4.45. The predicted octanol–water partition coefficient (Wildman–Crippen LogP) is 1.30. The first kappa shape index (κ1) is 9.77. The Labute approximate surface area is 77.3 Å². The van der Waals surface area contributed by atoms with E-state index in [4.69, 9.17) is 4.74 Å². The van der Waals surface area contributed by atoms with Crippen LogP contribution in [0.1, 0.15) is 25.5 Å². The number of aromatic amines is 1. The zero-order chi connectivity index (χ0) is 9.52. The summed E-state index contributed by atoms with van der Waals surface area (Å²) in [4.78, 5) is 17.8. The third kappa shape index (κ3) is 3.73. The van der Waals surface area contributed by atoms with Crippen molar-refractivity contribution >= 4 is 5.97 Å². The normalized spacial score (nSPS) is 9.92.